The molecule has 0 N–H and O–H groups in total. The second kappa shape index (κ2) is 11.3. The summed E-state index contributed by atoms with van der Waals surface area (Å²) in [5.74, 6) is 0. The minimum atomic E-state index is -2.13. The Hall–Kier alpha value is -0.241. The van der Waals surface area contributed by atoms with Gasteiger partial charge in [-0.2, -0.15) is 0 Å². The molecular weight excluding hydrogens is 371 g/mol. The van der Waals surface area contributed by atoms with Crippen LogP contribution in [0.4, 0.5) is 0 Å². The van der Waals surface area contributed by atoms with E-state index in [0.717, 1.165) is 0 Å². The molecule has 0 heterocycles. The van der Waals surface area contributed by atoms with Gasteiger partial charge in [-0.05, 0) is 0 Å². The van der Waals surface area contributed by atoms with Crippen LogP contribution in [0.1, 0.15) is 71.8 Å². The SMILES string of the molecule is CCC[CH2][Sn](/[CH]=C(/C)c1ccccc1)([CH2]CCC)[CH2]CCC. The van der Waals surface area contributed by atoms with E-state index in [-0.39, 0.29) is 0 Å². The van der Waals surface area contributed by atoms with Gasteiger partial charge in [0.15, 0.2) is 0 Å². The van der Waals surface area contributed by atoms with Crippen molar-refractivity contribution in [2.24, 2.45) is 0 Å². The van der Waals surface area contributed by atoms with E-state index in [1.54, 1.807) is 18.9 Å². The zero-order valence-electron chi connectivity index (χ0n) is 15.3. The van der Waals surface area contributed by atoms with Crippen molar-refractivity contribution in [2.45, 2.75) is 79.5 Å². The molecule has 0 unspecified atom stereocenters. The molecule has 0 saturated heterocycles. The van der Waals surface area contributed by atoms with Crippen LogP contribution < -0.4 is 0 Å². The molecule has 0 aliphatic carbocycles. The van der Waals surface area contributed by atoms with Gasteiger partial charge in [-0.3, -0.25) is 0 Å². The molecule has 0 bridgehead atoms. The van der Waals surface area contributed by atoms with Crippen LogP contribution in [0.15, 0.2) is 34.4 Å². The summed E-state index contributed by atoms with van der Waals surface area (Å²) >= 11 is -2.13. The Bertz CT molecular complexity index is 397. The average molecular weight is 407 g/mol. The Kier molecular flexibility index (Phi) is 10.2. The first kappa shape index (κ1) is 19.8. The summed E-state index contributed by atoms with van der Waals surface area (Å²) in [6.07, 6.45) is 8.41. The molecule has 0 amide bonds. The zero-order chi connectivity index (χ0) is 16.3. The Balaban J connectivity index is 3.03. The third-order valence-electron chi connectivity index (χ3n) is 4.84. The van der Waals surface area contributed by atoms with Gasteiger partial charge >= 0.3 is 143 Å². The standard InChI is InChI=1S/C9H9.3C4H9.Sn/c1-8(2)9-6-4-3-5-7-9;3*1-3-4-2;/h1,3-7H,2H3;3*1,3-4H2,2H3;. The Morgan fingerprint density at radius 1 is 0.818 bits per heavy atom. The second-order valence-electron chi connectivity index (χ2n) is 6.87. The van der Waals surface area contributed by atoms with Gasteiger partial charge in [-0.15, -0.1) is 0 Å². The number of hydrogen-bond donors (Lipinski definition) is 0. The van der Waals surface area contributed by atoms with E-state index >= 15 is 0 Å². The van der Waals surface area contributed by atoms with Gasteiger partial charge in [0.25, 0.3) is 0 Å². The van der Waals surface area contributed by atoms with Crippen LogP contribution in [-0.2, 0) is 0 Å². The van der Waals surface area contributed by atoms with E-state index in [4.69, 9.17) is 0 Å². The summed E-state index contributed by atoms with van der Waals surface area (Å²) in [6, 6.07) is 11.0. The van der Waals surface area contributed by atoms with Gasteiger partial charge in [0.1, 0.15) is 0 Å². The number of rotatable bonds is 11. The van der Waals surface area contributed by atoms with E-state index in [0.29, 0.717) is 0 Å². The van der Waals surface area contributed by atoms with Crippen LogP contribution in [0.25, 0.3) is 5.57 Å². The molecule has 0 aliphatic rings. The van der Waals surface area contributed by atoms with Crippen LogP contribution in [-0.4, -0.2) is 18.4 Å². The van der Waals surface area contributed by atoms with Gasteiger partial charge in [-0.1, -0.05) is 0 Å². The van der Waals surface area contributed by atoms with Crippen LogP contribution >= 0.6 is 0 Å². The quantitative estimate of drug-likeness (QED) is 0.334. The molecule has 1 rings (SSSR count). The first-order chi connectivity index (χ1) is 10.7. The van der Waals surface area contributed by atoms with Gasteiger partial charge in [0.2, 0.25) is 0 Å². The maximum atomic E-state index is 2.84. The summed E-state index contributed by atoms with van der Waals surface area (Å²) < 4.78 is 7.53. The van der Waals surface area contributed by atoms with Crippen LogP contribution in [0.3, 0.4) is 0 Å². The van der Waals surface area contributed by atoms with E-state index in [2.05, 4.69) is 62.1 Å². The van der Waals surface area contributed by atoms with Crippen LogP contribution in [0, 0.1) is 0 Å². The van der Waals surface area contributed by atoms with Crippen LogP contribution in [0.2, 0.25) is 13.3 Å². The van der Waals surface area contributed by atoms with E-state index in [9.17, 15) is 0 Å². The van der Waals surface area contributed by atoms with Crippen molar-refractivity contribution >= 4 is 24.0 Å². The van der Waals surface area contributed by atoms with Crippen molar-refractivity contribution in [2.75, 3.05) is 0 Å². The summed E-state index contributed by atoms with van der Waals surface area (Å²) in [5.41, 5.74) is 2.99. The Morgan fingerprint density at radius 3 is 1.68 bits per heavy atom. The summed E-state index contributed by atoms with van der Waals surface area (Å²) in [5, 5.41) is 0. The molecule has 0 radical (unpaired) electrons. The topological polar surface area (TPSA) is 0 Å². The monoisotopic (exact) mass is 408 g/mol. The van der Waals surface area contributed by atoms with Gasteiger partial charge in [0.05, 0.1) is 0 Å². The van der Waals surface area contributed by atoms with E-state index in [1.165, 1.54) is 44.1 Å². The van der Waals surface area contributed by atoms with Crippen molar-refractivity contribution < 1.29 is 0 Å². The molecule has 0 saturated carbocycles. The summed E-state index contributed by atoms with van der Waals surface area (Å²) in [7, 11) is 0. The molecule has 0 nitrogen and oxygen atoms in total. The number of hydrogen-bond acceptors (Lipinski definition) is 0. The minimum absolute atomic E-state index is 1.36. The first-order valence-corrected chi connectivity index (χ1v) is 17.1. The van der Waals surface area contributed by atoms with Crippen molar-refractivity contribution in [1.29, 1.82) is 0 Å². The predicted octanol–water partition coefficient (Wildman–Crippen LogP) is 7.48. The van der Waals surface area contributed by atoms with E-state index in [1.807, 2.05) is 0 Å². The predicted molar refractivity (Wildman–Crippen MR) is 105 cm³/mol. The van der Waals surface area contributed by atoms with Crippen LogP contribution in [0.5, 0.6) is 0 Å². The fourth-order valence-corrected chi connectivity index (χ4v) is 19.0. The van der Waals surface area contributed by atoms with E-state index < -0.39 is 18.4 Å². The third kappa shape index (κ3) is 6.89. The number of allylic oxidation sites excluding steroid dienone is 1. The second-order valence-corrected chi connectivity index (χ2v) is 19.7. The molecule has 0 aliphatic heterocycles. The van der Waals surface area contributed by atoms with Gasteiger partial charge < -0.3 is 0 Å². The summed E-state index contributed by atoms with van der Waals surface area (Å²) in [6.45, 7) is 9.41. The number of benzene rings is 1. The number of unbranched alkanes of at least 4 members (excludes halogenated alkanes) is 3. The molecule has 0 aromatic heterocycles. The molecular formula is C21H36Sn. The van der Waals surface area contributed by atoms with Crippen molar-refractivity contribution in [3.8, 4) is 0 Å². The first-order valence-electron chi connectivity index (χ1n) is 9.42. The molecule has 1 aromatic rings. The normalized spacial score (nSPS) is 12.6. The van der Waals surface area contributed by atoms with Crippen molar-refractivity contribution in [1.82, 2.24) is 0 Å². The fraction of sp³-hybridized carbons (Fsp3) is 0.619. The molecule has 0 fully saturated rings. The molecule has 124 valence electrons. The fourth-order valence-electron chi connectivity index (χ4n) is 3.42. The molecule has 1 heteroatoms. The average Bonchev–Trinajstić information content (AvgIpc) is 2.56. The zero-order valence-corrected chi connectivity index (χ0v) is 18.2. The molecule has 0 atom stereocenters. The van der Waals surface area contributed by atoms with Gasteiger partial charge in [0, 0.05) is 0 Å². The van der Waals surface area contributed by atoms with Crippen molar-refractivity contribution in [3.63, 3.8) is 0 Å². The molecule has 0 spiro atoms. The Labute approximate surface area is 143 Å². The molecule has 22 heavy (non-hydrogen) atoms. The van der Waals surface area contributed by atoms with Crippen molar-refractivity contribution in [3.05, 3.63) is 40.0 Å². The third-order valence-corrected chi connectivity index (χ3v) is 19.4. The molecule has 1 aromatic carbocycles. The maximum absolute atomic E-state index is 2.84. The van der Waals surface area contributed by atoms with Gasteiger partial charge in [-0.25, -0.2) is 0 Å². The Morgan fingerprint density at radius 2 is 1.27 bits per heavy atom. The summed E-state index contributed by atoms with van der Waals surface area (Å²) in [4.78, 5) is 0.